The van der Waals surface area contributed by atoms with Gasteiger partial charge in [0.1, 0.15) is 0 Å². The molecular weight excluding hydrogens is 361 g/mol. The maximum absolute atomic E-state index is 12.9. The number of rotatable bonds is 2. The minimum Gasteiger partial charge on any atom is -0.326 e. The number of carbonyl (C=O) groups is 1. The maximum Gasteiger partial charge on any atom is 0.417 e. The second kappa shape index (κ2) is 5.53. The lowest BCUT2D eigenvalue weighted by molar-refractivity contribution is -0.138. The van der Waals surface area contributed by atoms with Crippen LogP contribution in [0.15, 0.2) is 22.7 Å². The first-order chi connectivity index (χ1) is 10.3. The summed E-state index contributed by atoms with van der Waals surface area (Å²) in [4.78, 5) is 12.3. The second-order valence-electron chi connectivity index (χ2n) is 6.05. The molecular formula is C15H16BrF3N2O. The third-order valence-corrected chi connectivity index (χ3v) is 5.34. The fourth-order valence-electron chi connectivity index (χ4n) is 3.25. The van der Waals surface area contributed by atoms with Gasteiger partial charge in [-0.1, -0.05) is 15.9 Å². The number of halogens is 4. The molecule has 22 heavy (non-hydrogen) atoms. The molecule has 3 rings (SSSR count). The molecule has 1 unspecified atom stereocenters. The van der Waals surface area contributed by atoms with Crippen LogP contribution in [-0.2, 0) is 11.0 Å². The van der Waals surface area contributed by atoms with Gasteiger partial charge in [-0.05, 0) is 56.0 Å². The molecule has 0 bridgehead atoms. The molecule has 1 spiro atoms. The molecule has 2 fully saturated rings. The Morgan fingerprint density at radius 1 is 1.32 bits per heavy atom. The summed E-state index contributed by atoms with van der Waals surface area (Å²) in [6.45, 7) is 1.81. The Morgan fingerprint density at radius 2 is 2.00 bits per heavy atom. The van der Waals surface area contributed by atoms with Crippen molar-refractivity contribution in [3.8, 4) is 0 Å². The quantitative estimate of drug-likeness (QED) is 0.824. The van der Waals surface area contributed by atoms with Crippen molar-refractivity contribution in [3.05, 3.63) is 28.2 Å². The number of benzene rings is 1. The Hall–Kier alpha value is -1.08. The fraction of sp³-hybridized carbons (Fsp3) is 0.533. The molecule has 1 saturated heterocycles. The number of carbonyl (C=O) groups excluding carboxylic acids is 1. The zero-order valence-electron chi connectivity index (χ0n) is 11.8. The van der Waals surface area contributed by atoms with E-state index in [-0.39, 0.29) is 27.4 Å². The van der Waals surface area contributed by atoms with Crippen LogP contribution in [0.5, 0.6) is 0 Å². The lowest BCUT2D eigenvalue weighted by atomic mass is 9.92. The highest BCUT2D eigenvalue weighted by Gasteiger charge is 2.57. The molecule has 7 heteroatoms. The summed E-state index contributed by atoms with van der Waals surface area (Å²) in [6, 6.07) is 3.76. The predicted octanol–water partition coefficient (Wildman–Crippen LogP) is 3.80. The van der Waals surface area contributed by atoms with Crippen LogP contribution in [0.3, 0.4) is 0 Å². The first-order valence-corrected chi connectivity index (χ1v) is 7.99. The van der Waals surface area contributed by atoms with Crippen molar-refractivity contribution in [2.45, 2.75) is 25.4 Å². The van der Waals surface area contributed by atoms with E-state index in [0.717, 1.165) is 38.4 Å². The molecule has 1 aliphatic carbocycles. The average Bonchev–Trinajstić information content (AvgIpc) is 3.14. The van der Waals surface area contributed by atoms with Gasteiger partial charge in [0.2, 0.25) is 5.91 Å². The lowest BCUT2D eigenvalue weighted by Gasteiger charge is -2.23. The van der Waals surface area contributed by atoms with Crippen LogP contribution >= 0.6 is 15.9 Å². The zero-order valence-corrected chi connectivity index (χ0v) is 13.4. The van der Waals surface area contributed by atoms with Crippen molar-refractivity contribution in [2.75, 3.05) is 18.4 Å². The monoisotopic (exact) mass is 376 g/mol. The van der Waals surface area contributed by atoms with Crippen LogP contribution in [0.25, 0.3) is 0 Å². The smallest absolute Gasteiger partial charge is 0.326 e. The normalized spacial score (nSPS) is 23.4. The van der Waals surface area contributed by atoms with Gasteiger partial charge in [0.15, 0.2) is 0 Å². The van der Waals surface area contributed by atoms with Gasteiger partial charge in [0.25, 0.3) is 0 Å². The van der Waals surface area contributed by atoms with Gasteiger partial charge in [-0.25, -0.2) is 0 Å². The van der Waals surface area contributed by atoms with Crippen molar-refractivity contribution in [1.82, 2.24) is 5.32 Å². The van der Waals surface area contributed by atoms with E-state index in [1.54, 1.807) is 0 Å². The first kappa shape index (κ1) is 15.8. The minimum atomic E-state index is -4.45. The molecule has 1 heterocycles. The summed E-state index contributed by atoms with van der Waals surface area (Å²) in [6.07, 6.45) is -1.70. The van der Waals surface area contributed by atoms with E-state index in [2.05, 4.69) is 26.6 Å². The number of alkyl halides is 3. The highest BCUT2D eigenvalue weighted by Crippen LogP contribution is 2.58. The SMILES string of the molecule is O=C(Nc1ccc(Br)c(C(F)(F)F)c1)C1CC12CCNCC2. The summed E-state index contributed by atoms with van der Waals surface area (Å²) in [5, 5.41) is 5.89. The van der Waals surface area contributed by atoms with Gasteiger partial charge in [-0.3, -0.25) is 4.79 Å². The number of hydrogen-bond donors (Lipinski definition) is 2. The van der Waals surface area contributed by atoms with Crippen molar-refractivity contribution >= 4 is 27.5 Å². The van der Waals surface area contributed by atoms with Crippen LogP contribution < -0.4 is 10.6 Å². The van der Waals surface area contributed by atoms with E-state index in [1.165, 1.54) is 12.1 Å². The van der Waals surface area contributed by atoms with E-state index < -0.39 is 11.7 Å². The van der Waals surface area contributed by atoms with Crippen molar-refractivity contribution in [2.24, 2.45) is 11.3 Å². The van der Waals surface area contributed by atoms with E-state index in [4.69, 9.17) is 0 Å². The Balaban J connectivity index is 1.70. The highest BCUT2D eigenvalue weighted by atomic mass is 79.9. The van der Waals surface area contributed by atoms with E-state index in [1.807, 2.05) is 0 Å². The number of anilines is 1. The Bertz CT molecular complexity index is 597. The molecule has 120 valence electrons. The molecule has 1 aliphatic heterocycles. The minimum absolute atomic E-state index is 0.0285. The zero-order chi connectivity index (χ0) is 16.0. The standard InChI is InChI=1S/C15H16BrF3N2O/c16-12-2-1-9(7-10(12)15(17,18)19)21-13(22)11-8-14(11)3-5-20-6-4-14/h1-2,7,11,20H,3-6,8H2,(H,21,22). The van der Waals surface area contributed by atoms with Crippen LogP contribution in [0, 0.1) is 11.3 Å². The Morgan fingerprint density at radius 3 is 2.64 bits per heavy atom. The van der Waals surface area contributed by atoms with E-state index in [0.29, 0.717) is 0 Å². The van der Waals surface area contributed by atoms with Gasteiger partial charge in [-0.15, -0.1) is 0 Å². The Kier molecular flexibility index (Phi) is 3.97. The largest absolute Gasteiger partial charge is 0.417 e. The summed E-state index contributed by atoms with van der Waals surface area (Å²) < 4.78 is 38.6. The third kappa shape index (κ3) is 3.01. The summed E-state index contributed by atoms with van der Waals surface area (Å²) in [5.74, 6) is -0.245. The number of amides is 1. The maximum atomic E-state index is 12.9. The number of nitrogens with one attached hydrogen (secondary N) is 2. The summed E-state index contributed by atoms with van der Waals surface area (Å²) >= 11 is 2.89. The van der Waals surface area contributed by atoms with E-state index in [9.17, 15) is 18.0 Å². The molecule has 1 amide bonds. The van der Waals surface area contributed by atoms with Crippen LogP contribution in [0.1, 0.15) is 24.8 Å². The molecule has 1 aromatic carbocycles. The molecule has 0 aromatic heterocycles. The molecule has 3 nitrogen and oxygen atoms in total. The molecule has 2 N–H and O–H groups in total. The molecule has 1 atom stereocenters. The number of hydrogen-bond acceptors (Lipinski definition) is 2. The summed E-state index contributed by atoms with van der Waals surface area (Å²) in [7, 11) is 0. The van der Waals surface area contributed by atoms with Gasteiger partial charge in [0.05, 0.1) is 5.56 Å². The highest BCUT2D eigenvalue weighted by molar-refractivity contribution is 9.10. The fourth-order valence-corrected chi connectivity index (χ4v) is 3.72. The van der Waals surface area contributed by atoms with Crippen LogP contribution in [-0.4, -0.2) is 19.0 Å². The molecule has 1 aromatic rings. The van der Waals surface area contributed by atoms with Crippen LogP contribution in [0.4, 0.5) is 18.9 Å². The van der Waals surface area contributed by atoms with Gasteiger partial charge >= 0.3 is 6.18 Å². The topological polar surface area (TPSA) is 41.1 Å². The lowest BCUT2D eigenvalue weighted by Crippen LogP contribution is -2.31. The van der Waals surface area contributed by atoms with Crippen molar-refractivity contribution in [3.63, 3.8) is 0 Å². The van der Waals surface area contributed by atoms with Crippen molar-refractivity contribution in [1.29, 1.82) is 0 Å². The van der Waals surface area contributed by atoms with Gasteiger partial charge in [0, 0.05) is 16.1 Å². The van der Waals surface area contributed by atoms with Gasteiger partial charge < -0.3 is 10.6 Å². The van der Waals surface area contributed by atoms with Crippen molar-refractivity contribution < 1.29 is 18.0 Å². The Labute approximate surface area is 134 Å². The predicted molar refractivity (Wildman–Crippen MR) is 80.4 cm³/mol. The second-order valence-corrected chi connectivity index (χ2v) is 6.91. The molecule has 2 aliphatic rings. The number of piperidine rings is 1. The van der Waals surface area contributed by atoms with E-state index >= 15 is 0 Å². The molecule has 0 radical (unpaired) electrons. The summed E-state index contributed by atoms with van der Waals surface area (Å²) in [5.41, 5.74) is -0.522. The van der Waals surface area contributed by atoms with Crippen LogP contribution in [0.2, 0.25) is 0 Å². The first-order valence-electron chi connectivity index (χ1n) is 7.20. The molecule has 1 saturated carbocycles. The third-order valence-electron chi connectivity index (χ3n) is 4.64. The average molecular weight is 377 g/mol. The van der Waals surface area contributed by atoms with Gasteiger partial charge in [-0.2, -0.15) is 13.2 Å².